The van der Waals surface area contributed by atoms with E-state index >= 15 is 0 Å². The molecular formula is C25H32N4O. The maximum absolute atomic E-state index is 11.9. The summed E-state index contributed by atoms with van der Waals surface area (Å²) in [5, 5.41) is 12.6. The summed E-state index contributed by atoms with van der Waals surface area (Å²) in [6, 6.07) is 9.38. The van der Waals surface area contributed by atoms with Crippen molar-refractivity contribution in [3.63, 3.8) is 0 Å². The fourth-order valence-corrected chi connectivity index (χ4v) is 3.26. The molecule has 0 saturated carbocycles. The number of aliphatic imine (C=N–C) groups is 1. The van der Waals surface area contributed by atoms with Gasteiger partial charge in [0.25, 0.3) is 0 Å². The highest BCUT2D eigenvalue weighted by Crippen LogP contribution is 2.21. The number of carbonyl (C=O) groups is 1. The van der Waals surface area contributed by atoms with Gasteiger partial charge in [-0.15, -0.1) is 0 Å². The van der Waals surface area contributed by atoms with E-state index < -0.39 is 0 Å². The van der Waals surface area contributed by atoms with Crippen LogP contribution in [0.4, 0.5) is 0 Å². The van der Waals surface area contributed by atoms with Crippen LogP contribution in [-0.2, 0) is 4.79 Å². The van der Waals surface area contributed by atoms with Crippen LogP contribution >= 0.6 is 0 Å². The Morgan fingerprint density at radius 3 is 2.67 bits per heavy atom. The van der Waals surface area contributed by atoms with E-state index in [0.29, 0.717) is 11.3 Å². The number of hydrogen-bond donors (Lipinski definition) is 1. The molecule has 0 radical (unpaired) electrons. The Kier molecular flexibility index (Phi) is 9.24. The van der Waals surface area contributed by atoms with Crippen LogP contribution in [-0.4, -0.2) is 42.6 Å². The van der Waals surface area contributed by atoms with Crippen LogP contribution in [0, 0.1) is 17.2 Å². The molecule has 2 rings (SSSR count). The Balaban J connectivity index is 2.43. The first-order chi connectivity index (χ1) is 14.5. The zero-order valence-electron chi connectivity index (χ0n) is 18.5. The number of nitrogens with zero attached hydrogens (tertiary/aromatic N) is 3. The van der Waals surface area contributed by atoms with Crippen LogP contribution in [0.1, 0.15) is 45.2 Å². The fourth-order valence-electron chi connectivity index (χ4n) is 3.26. The minimum absolute atomic E-state index is 0.0708. The lowest BCUT2D eigenvalue weighted by atomic mass is 10.0. The molecule has 30 heavy (non-hydrogen) atoms. The van der Waals surface area contributed by atoms with Crippen molar-refractivity contribution in [2.75, 3.05) is 26.2 Å². The van der Waals surface area contributed by atoms with Crippen LogP contribution < -0.4 is 5.32 Å². The number of nitrogens with one attached hydrogen (secondary N) is 1. The van der Waals surface area contributed by atoms with Crippen molar-refractivity contribution in [3.05, 3.63) is 65.4 Å². The molecule has 1 fully saturated rings. The molecule has 5 nitrogen and oxygen atoms in total. The fraction of sp³-hybridized carbons (Fsp3) is 0.400. The molecular weight excluding hydrogens is 372 g/mol. The van der Waals surface area contributed by atoms with Crippen LogP contribution in [0.2, 0.25) is 0 Å². The topological polar surface area (TPSA) is 68.5 Å². The first kappa shape index (κ1) is 23.3. The second kappa shape index (κ2) is 11.9. The lowest BCUT2D eigenvalue weighted by molar-refractivity contribution is -0.112. The van der Waals surface area contributed by atoms with Crippen molar-refractivity contribution in [1.82, 2.24) is 10.2 Å². The smallest absolute Gasteiger partial charge is 0.154 e. The molecule has 1 aliphatic rings. The molecule has 158 valence electrons. The highest BCUT2D eigenvalue weighted by atomic mass is 16.1. The molecule has 0 aromatic heterocycles. The van der Waals surface area contributed by atoms with Crippen molar-refractivity contribution >= 4 is 17.2 Å². The van der Waals surface area contributed by atoms with E-state index in [1.165, 1.54) is 12.6 Å². The van der Waals surface area contributed by atoms with Crippen LogP contribution in [0.3, 0.4) is 0 Å². The summed E-state index contributed by atoms with van der Waals surface area (Å²) in [5.41, 5.74) is 4.00. The lowest BCUT2D eigenvalue weighted by Crippen LogP contribution is -2.42. The van der Waals surface area contributed by atoms with Gasteiger partial charge in [0.05, 0.1) is 17.3 Å². The van der Waals surface area contributed by atoms with Gasteiger partial charge in [-0.05, 0) is 50.5 Å². The highest BCUT2D eigenvalue weighted by molar-refractivity contribution is 6.03. The number of carbonyl (C=O) groups excluding carboxylic acids is 1. The van der Waals surface area contributed by atoms with Crippen molar-refractivity contribution in [1.29, 1.82) is 5.26 Å². The number of nitriles is 1. The van der Waals surface area contributed by atoms with Gasteiger partial charge in [0.1, 0.15) is 0 Å². The quantitative estimate of drug-likeness (QED) is 0.398. The Hall–Kier alpha value is -2.97. The average molecular weight is 405 g/mol. The van der Waals surface area contributed by atoms with Gasteiger partial charge in [-0.3, -0.25) is 9.79 Å². The monoisotopic (exact) mass is 404 g/mol. The van der Waals surface area contributed by atoms with E-state index in [0.717, 1.165) is 43.9 Å². The van der Waals surface area contributed by atoms with Gasteiger partial charge < -0.3 is 10.2 Å². The van der Waals surface area contributed by atoms with E-state index in [2.05, 4.69) is 55.3 Å². The van der Waals surface area contributed by atoms with Gasteiger partial charge in [0.2, 0.25) is 0 Å². The molecule has 0 spiro atoms. The molecule has 1 N–H and O–H groups in total. The van der Waals surface area contributed by atoms with Gasteiger partial charge in [0.15, 0.2) is 5.78 Å². The number of rotatable bonds is 8. The Labute approximate surface area is 180 Å². The first-order valence-electron chi connectivity index (χ1n) is 10.6. The Bertz CT molecular complexity index is 896. The summed E-state index contributed by atoms with van der Waals surface area (Å²) in [6.45, 7) is 11.8. The summed E-state index contributed by atoms with van der Waals surface area (Å²) in [5.74, 6) is 0.162. The van der Waals surface area contributed by atoms with Crippen LogP contribution in [0.15, 0.2) is 59.3 Å². The average Bonchev–Trinajstić information content (AvgIpc) is 2.77. The summed E-state index contributed by atoms with van der Waals surface area (Å²) in [7, 11) is 0. The van der Waals surface area contributed by atoms with Gasteiger partial charge in [-0.25, -0.2) is 0 Å². The zero-order valence-corrected chi connectivity index (χ0v) is 18.5. The second-order valence-corrected chi connectivity index (χ2v) is 7.46. The third-order valence-electron chi connectivity index (χ3n) is 5.20. The third-order valence-corrected chi connectivity index (χ3v) is 5.20. The van der Waals surface area contributed by atoms with Crippen molar-refractivity contribution in [2.24, 2.45) is 10.9 Å². The minimum atomic E-state index is -0.0708. The molecule has 1 atom stereocenters. The molecule has 0 amide bonds. The van der Waals surface area contributed by atoms with Gasteiger partial charge in [-0.1, -0.05) is 32.1 Å². The second-order valence-electron chi connectivity index (χ2n) is 7.46. The molecule has 1 unspecified atom stereocenters. The largest absolute Gasteiger partial charge is 0.369 e. The molecule has 0 aliphatic carbocycles. The molecule has 0 bridgehead atoms. The summed E-state index contributed by atoms with van der Waals surface area (Å²) in [4.78, 5) is 19.1. The number of hydrogen-bond acceptors (Lipinski definition) is 5. The van der Waals surface area contributed by atoms with E-state index in [9.17, 15) is 10.1 Å². The predicted molar refractivity (Wildman–Crippen MR) is 124 cm³/mol. The van der Waals surface area contributed by atoms with Crippen molar-refractivity contribution in [3.8, 4) is 6.07 Å². The van der Waals surface area contributed by atoms with E-state index in [1.54, 1.807) is 18.2 Å². The van der Waals surface area contributed by atoms with Crippen LogP contribution in [0.5, 0.6) is 0 Å². The first-order valence-corrected chi connectivity index (χ1v) is 10.6. The normalized spacial score (nSPS) is 17.2. The third kappa shape index (κ3) is 6.82. The lowest BCUT2D eigenvalue weighted by Gasteiger charge is -2.30. The number of benzene rings is 1. The molecule has 1 saturated heterocycles. The number of allylic oxidation sites excluding steroid dienone is 4. The summed E-state index contributed by atoms with van der Waals surface area (Å²) < 4.78 is 0. The maximum Gasteiger partial charge on any atom is 0.154 e. The van der Waals surface area contributed by atoms with Gasteiger partial charge in [0, 0.05) is 49.2 Å². The number of piperazine rings is 1. The maximum atomic E-state index is 11.9. The molecule has 1 aromatic carbocycles. The van der Waals surface area contributed by atoms with Gasteiger partial charge >= 0.3 is 0 Å². The molecule has 1 heterocycles. The highest BCUT2D eigenvalue weighted by Gasteiger charge is 2.13. The van der Waals surface area contributed by atoms with Crippen LogP contribution in [0.25, 0.3) is 5.70 Å². The molecule has 1 aliphatic heterocycles. The summed E-state index contributed by atoms with van der Waals surface area (Å²) in [6.07, 6.45) is 8.78. The Morgan fingerprint density at radius 2 is 2.07 bits per heavy atom. The van der Waals surface area contributed by atoms with Crippen molar-refractivity contribution in [2.45, 2.75) is 34.1 Å². The molecule has 1 aromatic rings. The minimum Gasteiger partial charge on any atom is -0.369 e. The standard InChI is InChI=1S/C25H32N4O/c1-5-19(3)24(11-10-23(6-2)29-14-12-27-13-15-29)28-25(16-20(4)30)22-9-7-8-21(17-22)18-26/h6-11,16-17,19,27H,5,12-15H2,1-4H3/b11-10-,23-6+,25-16-,28-24-. The van der Waals surface area contributed by atoms with Crippen molar-refractivity contribution < 1.29 is 4.79 Å². The SMILES string of the molecule is C\C=C(/C=C\C(=N\C(=C/C(C)=O)c1cccc(C#N)c1)C(C)CC)N1CCNCC1. The molecule has 5 heteroatoms. The zero-order chi connectivity index (χ0) is 21.9. The van der Waals surface area contributed by atoms with Gasteiger partial charge in [-0.2, -0.15) is 5.26 Å². The number of ketones is 1. The van der Waals surface area contributed by atoms with E-state index in [-0.39, 0.29) is 11.7 Å². The predicted octanol–water partition coefficient (Wildman–Crippen LogP) is 4.34. The Morgan fingerprint density at radius 1 is 1.33 bits per heavy atom. The summed E-state index contributed by atoms with van der Waals surface area (Å²) >= 11 is 0. The van der Waals surface area contributed by atoms with E-state index in [4.69, 9.17) is 4.99 Å². The van der Waals surface area contributed by atoms with E-state index in [1.807, 2.05) is 12.1 Å².